The third kappa shape index (κ3) is 2.58. The van der Waals surface area contributed by atoms with Gasteiger partial charge in [0.05, 0.1) is 5.56 Å². The number of hydrogen-bond donors (Lipinski definition) is 1. The summed E-state index contributed by atoms with van der Waals surface area (Å²) in [6, 6.07) is 5.88. The number of hydrogen-bond acceptors (Lipinski definition) is 4. The minimum Gasteiger partial charge on any atom is -0.486 e. The molecule has 2 heterocycles. The Labute approximate surface area is 118 Å². The van der Waals surface area contributed by atoms with Crippen LogP contribution in [-0.4, -0.2) is 50.2 Å². The highest BCUT2D eigenvalue weighted by Crippen LogP contribution is 2.34. The van der Waals surface area contributed by atoms with Gasteiger partial charge in [-0.2, -0.15) is 0 Å². The molecule has 0 spiro atoms. The molecule has 0 saturated carbocycles. The van der Waals surface area contributed by atoms with Gasteiger partial charge < -0.3 is 19.7 Å². The maximum absolute atomic E-state index is 12.6. The zero-order valence-corrected chi connectivity index (χ0v) is 11.7. The molecule has 108 valence electrons. The molecular formula is C15H20N2O3. The number of carbonyl (C=O) groups excluding carboxylic acids is 1. The number of ether oxygens (including phenoxy) is 2. The van der Waals surface area contributed by atoms with Crippen LogP contribution in [0.15, 0.2) is 18.2 Å². The lowest BCUT2D eigenvalue weighted by atomic mass is 10.1. The van der Waals surface area contributed by atoms with Crippen molar-refractivity contribution in [2.75, 3.05) is 33.4 Å². The summed E-state index contributed by atoms with van der Waals surface area (Å²) < 4.78 is 11.1. The number of carbonyl (C=O) groups is 1. The Morgan fingerprint density at radius 1 is 1.40 bits per heavy atom. The predicted octanol–water partition coefficient (Wildman–Crippen LogP) is 1.28. The number of nitrogens with zero attached hydrogens (tertiary/aromatic N) is 1. The molecule has 1 atom stereocenters. The lowest BCUT2D eigenvalue weighted by Gasteiger charge is -2.25. The van der Waals surface area contributed by atoms with Crippen molar-refractivity contribution in [1.29, 1.82) is 0 Å². The number of likely N-dealkylation sites (N-methyl/N-ethyl adjacent to an activating group) is 1. The van der Waals surface area contributed by atoms with Crippen LogP contribution in [-0.2, 0) is 0 Å². The topological polar surface area (TPSA) is 50.8 Å². The number of amides is 1. The first-order chi connectivity index (χ1) is 9.75. The van der Waals surface area contributed by atoms with E-state index in [-0.39, 0.29) is 5.91 Å². The molecule has 5 heteroatoms. The van der Waals surface area contributed by atoms with E-state index in [1.165, 1.54) is 6.42 Å². The molecule has 1 N–H and O–H groups in total. The molecule has 0 radical (unpaired) electrons. The minimum atomic E-state index is -0.0129. The number of fused-ring (bicyclic) bond motifs is 1. The standard InChI is InChI=1S/C15H20N2O3/c1-17(10-11-4-3-7-16-11)15(18)12-5-2-6-13-14(12)20-9-8-19-13/h2,5-6,11,16H,3-4,7-10H2,1H3/t11-/m1/s1. The van der Waals surface area contributed by atoms with Crippen molar-refractivity contribution >= 4 is 5.91 Å². The molecule has 1 aromatic carbocycles. The fourth-order valence-electron chi connectivity index (χ4n) is 2.77. The fourth-order valence-corrected chi connectivity index (χ4v) is 2.77. The molecule has 1 saturated heterocycles. The summed E-state index contributed by atoms with van der Waals surface area (Å²) in [6.07, 6.45) is 2.31. The highest BCUT2D eigenvalue weighted by atomic mass is 16.6. The third-order valence-corrected chi connectivity index (χ3v) is 3.80. The SMILES string of the molecule is CN(C[C@H]1CCCN1)C(=O)c1cccc2c1OCCO2. The molecule has 20 heavy (non-hydrogen) atoms. The first-order valence-corrected chi connectivity index (χ1v) is 7.13. The van der Waals surface area contributed by atoms with E-state index in [0.29, 0.717) is 36.3 Å². The Morgan fingerprint density at radius 3 is 3.05 bits per heavy atom. The third-order valence-electron chi connectivity index (χ3n) is 3.80. The van der Waals surface area contributed by atoms with E-state index >= 15 is 0 Å². The predicted molar refractivity (Wildman–Crippen MR) is 75.4 cm³/mol. The van der Waals surface area contributed by atoms with Gasteiger partial charge in [0.1, 0.15) is 13.2 Å². The van der Waals surface area contributed by atoms with Crippen molar-refractivity contribution in [3.05, 3.63) is 23.8 Å². The van der Waals surface area contributed by atoms with Gasteiger partial charge >= 0.3 is 0 Å². The maximum atomic E-state index is 12.6. The van der Waals surface area contributed by atoms with Crippen molar-refractivity contribution in [2.24, 2.45) is 0 Å². The molecule has 0 unspecified atom stereocenters. The van der Waals surface area contributed by atoms with E-state index < -0.39 is 0 Å². The molecule has 1 amide bonds. The van der Waals surface area contributed by atoms with Gasteiger partial charge in [0, 0.05) is 19.6 Å². The number of para-hydroxylation sites is 1. The van der Waals surface area contributed by atoms with Crippen LogP contribution in [0.5, 0.6) is 11.5 Å². The van der Waals surface area contributed by atoms with Gasteiger partial charge in [-0.15, -0.1) is 0 Å². The fraction of sp³-hybridized carbons (Fsp3) is 0.533. The number of rotatable bonds is 3. The van der Waals surface area contributed by atoms with Crippen LogP contribution < -0.4 is 14.8 Å². The lowest BCUT2D eigenvalue weighted by Crippen LogP contribution is -2.38. The van der Waals surface area contributed by atoms with Crippen LogP contribution in [0.2, 0.25) is 0 Å². The van der Waals surface area contributed by atoms with E-state index in [0.717, 1.165) is 19.5 Å². The summed E-state index contributed by atoms with van der Waals surface area (Å²) in [5, 5.41) is 3.41. The van der Waals surface area contributed by atoms with E-state index in [9.17, 15) is 4.79 Å². The van der Waals surface area contributed by atoms with Crippen molar-refractivity contribution in [3.63, 3.8) is 0 Å². The Morgan fingerprint density at radius 2 is 2.25 bits per heavy atom. The van der Waals surface area contributed by atoms with Crippen molar-refractivity contribution in [3.8, 4) is 11.5 Å². The summed E-state index contributed by atoms with van der Waals surface area (Å²) in [5.41, 5.74) is 0.586. The summed E-state index contributed by atoms with van der Waals surface area (Å²) in [6.45, 7) is 2.80. The minimum absolute atomic E-state index is 0.0129. The normalized spacial score (nSPS) is 20.8. The van der Waals surface area contributed by atoms with Gasteiger partial charge in [-0.1, -0.05) is 6.07 Å². The number of nitrogens with one attached hydrogen (secondary N) is 1. The zero-order chi connectivity index (χ0) is 13.9. The quantitative estimate of drug-likeness (QED) is 0.903. The maximum Gasteiger partial charge on any atom is 0.257 e. The molecule has 1 aromatic rings. The largest absolute Gasteiger partial charge is 0.486 e. The summed E-state index contributed by atoms with van der Waals surface area (Å²) in [7, 11) is 1.84. The van der Waals surface area contributed by atoms with Gasteiger partial charge in [0.2, 0.25) is 0 Å². The van der Waals surface area contributed by atoms with E-state index in [1.807, 2.05) is 19.2 Å². The van der Waals surface area contributed by atoms with E-state index in [4.69, 9.17) is 9.47 Å². The highest BCUT2D eigenvalue weighted by Gasteiger charge is 2.24. The van der Waals surface area contributed by atoms with Crippen LogP contribution in [0.3, 0.4) is 0 Å². The van der Waals surface area contributed by atoms with Crippen molar-refractivity contribution < 1.29 is 14.3 Å². The number of benzene rings is 1. The Bertz CT molecular complexity index is 498. The molecule has 2 aliphatic heterocycles. The van der Waals surface area contributed by atoms with Gasteiger partial charge in [-0.3, -0.25) is 4.79 Å². The molecule has 5 nitrogen and oxygen atoms in total. The van der Waals surface area contributed by atoms with Gasteiger partial charge in [0.25, 0.3) is 5.91 Å². The monoisotopic (exact) mass is 276 g/mol. The summed E-state index contributed by atoms with van der Waals surface area (Å²) >= 11 is 0. The van der Waals surface area contributed by atoms with Gasteiger partial charge in [0.15, 0.2) is 11.5 Å². The zero-order valence-electron chi connectivity index (χ0n) is 11.7. The first kappa shape index (κ1) is 13.2. The molecule has 2 aliphatic rings. The van der Waals surface area contributed by atoms with Crippen molar-refractivity contribution in [2.45, 2.75) is 18.9 Å². The highest BCUT2D eigenvalue weighted by molar-refractivity contribution is 5.97. The summed E-state index contributed by atoms with van der Waals surface area (Å²) in [4.78, 5) is 14.3. The van der Waals surface area contributed by atoms with Crippen LogP contribution in [0.25, 0.3) is 0 Å². The van der Waals surface area contributed by atoms with Crippen LogP contribution in [0, 0.1) is 0 Å². The molecular weight excluding hydrogens is 256 g/mol. The van der Waals surface area contributed by atoms with Crippen LogP contribution in [0.4, 0.5) is 0 Å². The average molecular weight is 276 g/mol. The van der Waals surface area contributed by atoms with Crippen LogP contribution >= 0.6 is 0 Å². The first-order valence-electron chi connectivity index (χ1n) is 7.13. The second kappa shape index (κ2) is 5.71. The summed E-state index contributed by atoms with van der Waals surface area (Å²) in [5.74, 6) is 1.23. The molecule has 3 rings (SSSR count). The van der Waals surface area contributed by atoms with Gasteiger partial charge in [-0.25, -0.2) is 0 Å². The van der Waals surface area contributed by atoms with Gasteiger partial charge in [-0.05, 0) is 31.5 Å². The second-order valence-electron chi connectivity index (χ2n) is 5.31. The smallest absolute Gasteiger partial charge is 0.257 e. The molecule has 0 bridgehead atoms. The van der Waals surface area contributed by atoms with Crippen LogP contribution in [0.1, 0.15) is 23.2 Å². The molecule has 1 fully saturated rings. The average Bonchev–Trinajstić information content (AvgIpc) is 2.99. The van der Waals surface area contributed by atoms with E-state index in [1.54, 1.807) is 11.0 Å². The van der Waals surface area contributed by atoms with E-state index in [2.05, 4.69) is 5.32 Å². The Hall–Kier alpha value is -1.75. The van der Waals surface area contributed by atoms with Crippen molar-refractivity contribution in [1.82, 2.24) is 10.2 Å². The Balaban J connectivity index is 1.76. The molecule has 0 aliphatic carbocycles. The lowest BCUT2D eigenvalue weighted by molar-refractivity contribution is 0.0773. The second-order valence-corrected chi connectivity index (χ2v) is 5.31. The Kier molecular flexibility index (Phi) is 3.78. The molecule has 0 aromatic heterocycles.